The van der Waals surface area contributed by atoms with Gasteiger partial charge in [-0.05, 0) is 89.5 Å². The quantitative estimate of drug-likeness (QED) is 0.255. The van der Waals surface area contributed by atoms with Crippen LogP contribution in [0.3, 0.4) is 0 Å². The smallest absolute Gasteiger partial charge is 0.311 e. The predicted octanol–water partition coefficient (Wildman–Crippen LogP) is 4.79. The van der Waals surface area contributed by atoms with Crippen molar-refractivity contribution in [2.45, 2.75) is 120 Å². The molecule has 0 aromatic carbocycles. The molecule has 0 aliphatic carbocycles. The van der Waals surface area contributed by atoms with Crippen LogP contribution in [0.25, 0.3) is 0 Å². The number of hydrogen-bond acceptors (Lipinski definition) is 9. The van der Waals surface area contributed by atoms with Crippen LogP contribution in [-0.4, -0.2) is 61.0 Å². The third-order valence-corrected chi connectivity index (χ3v) is 5.69. The van der Waals surface area contributed by atoms with Gasteiger partial charge in [-0.2, -0.15) is 0 Å². The fraction of sp³-hybridized carbons (Fsp3) is 0.793. The maximum Gasteiger partial charge on any atom is 0.311 e. The molecule has 1 aliphatic rings. The van der Waals surface area contributed by atoms with Gasteiger partial charge in [-0.15, -0.1) is 6.58 Å². The summed E-state index contributed by atoms with van der Waals surface area (Å²) in [5.41, 5.74) is -3.46. The van der Waals surface area contributed by atoms with E-state index >= 15 is 0 Å². The van der Waals surface area contributed by atoms with Crippen molar-refractivity contribution < 1.29 is 42.9 Å². The molecule has 218 valence electrons. The van der Waals surface area contributed by atoms with Gasteiger partial charge in [-0.1, -0.05) is 6.08 Å². The number of hydrogen-bond donors (Lipinski definition) is 0. The number of carbonyl (C=O) groups excluding carboxylic acids is 4. The lowest BCUT2D eigenvalue weighted by Gasteiger charge is -2.46. The molecule has 0 N–H and O–H groups in total. The maximum absolute atomic E-state index is 13.1. The molecule has 9 heteroatoms. The summed E-state index contributed by atoms with van der Waals surface area (Å²) < 4.78 is 29.5. The Morgan fingerprint density at radius 1 is 0.605 bits per heavy atom. The first-order chi connectivity index (χ1) is 17.0. The van der Waals surface area contributed by atoms with E-state index in [-0.39, 0.29) is 13.0 Å². The monoisotopic (exact) mass is 540 g/mol. The molecule has 1 saturated heterocycles. The zero-order chi connectivity index (χ0) is 29.9. The topological polar surface area (TPSA) is 114 Å². The highest BCUT2D eigenvalue weighted by Gasteiger charge is 2.54. The molecule has 1 fully saturated rings. The summed E-state index contributed by atoms with van der Waals surface area (Å²) in [5, 5.41) is 0. The summed E-state index contributed by atoms with van der Waals surface area (Å²) in [6.45, 7) is 23.8. The summed E-state index contributed by atoms with van der Waals surface area (Å²) in [6.07, 6.45) is -3.55. The normalized spacial score (nSPS) is 24.7. The highest BCUT2D eigenvalue weighted by molar-refractivity contribution is 5.78. The Balaban J connectivity index is 3.64. The van der Waals surface area contributed by atoms with Crippen LogP contribution < -0.4 is 0 Å². The fourth-order valence-corrected chi connectivity index (χ4v) is 3.17. The summed E-state index contributed by atoms with van der Waals surface area (Å²) in [5.74, 6) is -2.19. The largest absolute Gasteiger partial charge is 0.462 e. The SMILES string of the molecule is C=CC[C@@H]1O[C@H](COC(=O)C(C)(C)C)[C@@H](OC(=O)C(C)(C)C)[C@H](OC(=O)C(C)(C)C)[C@H]1OC(=O)C(C)(C)C. The second kappa shape index (κ2) is 12.2. The van der Waals surface area contributed by atoms with Crippen molar-refractivity contribution in [2.75, 3.05) is 6.61 Å². The fourth-order valence-electron chi connectivity index (χ4n) is 3.17. The van der Waals surface area contributed by atoms with Crippen molar-refractivity contribution in [1.29, 1.82) is 0 Å². The molecular weight excluding hydrogens is 492 g/mol. The Hall–Kier alpha value is -2.42. The first kappa shape index (κ1) is 33.6. The molecule has 0 radical (unpaired) electrons. The number of esters is 4. The maximum atomic E-state index is 13.1. The summed E-state index contributed by atoms with van der Waals surface area (Å²) in [4.78, 5) is 51.7. The Morgan fingerprint density at radius 3 is 1.29 bits per heavy atom. The van der Waals surface area contributed by atoms with Gasteiger partial charge in [0.1, 0.15) is 18.8 Å². The molecular formula is C29H48O9. The molecule has 38 heavy (non-hydrogen) atoms. The molecule has 0 unspecified atom stereocenters. The van der Waals surface area contributed by atoms with Crippen LogP contribution in [0.5, 0.6) is 0 Å². The Kier molecular flexibility index (Phi) is 10.8. The van der Waals surface area contributed by atoms with Crippen LogP contribution >= 0.6 is 0 Å². The minimum atomic E-state index is -1.23. The summed E-state index contributed by atoms with van der Waals surface area (Å²) in [6, 6.07) is 0. The molecule has 0 spiro atoms. The van der Waals surface area contributed by atoms with E-state index in [0.717, 1.165) is 0 Å². The van der Waals surface area contributed by atoms with Crippen molar-refractivity contribution in [3.63, 3.8) is 0 Å². The van der Waals surface area contributed by atoms with Crippen molar-refractivity contribution in [3.05, 3.63) is 12.7 Å². The van der Waals surface area contributed by atoms with E-state index in [2.05, 4.69) is 6.58 Å². The third-order valence-electron chi connectivity index (χ3n) is 5.69. The molecule has 0 bridgehead atoms. The molecule has 0 aromatic heterocycles. The summed E-state index contributed by atoms with van der Waals surface area (Å²) in [7, 11) is 0. The molecule has 1 rings (SSSR count). The third kappa shape index (κ3) is 9.40. The van der Waals surface area contributed by atoms with Crippen molar-refractivity contribution in [2.24, 2.45) is 21.7 Å². The van der Waals surface area contributed by atoms with Gasteiger partial charge in [0.05, 0.1) is 21.7 Å². The molecule has 5 atom stereocenters. The van der Waals surface area contributed by atoms with Crippen LogP contribution in [-0.2, 0) is 42.9 Å². The van der Waals surface area contributed by atoms with Gasteiger partial charge >= 0.3 is 23.9 Å². The highest BCUT2D eigenvalue weighted by Crippen LogP contribution is 2.35. The number of rotatable bonds is 7. The van der Waals surface area contributed by atoms with E-state index in [1.165, 1.54) is 0 Å². The van der Waals surface area contributed by atoms with E-state index in [4.69, 9.17) is 23.7 Å². The van der Waals surface area contributed by atoms with Crippen LogP contribution in [0.15, 0.2) is 12.7 Å². The lowest BCUT2D eigenvalue weighted by Crippen LogP contribution is -2.63. The molecule has 0 aromatic rings. The van der Waals surface area contributed by atoms with Gasteiger partial charge in [0, 0.05) is 0 Å². The zero-order valence-corrected chi connectivity index (χ0v) is 25.3. The highest BCUT2D eigenvalue weighted by atomic mass is 16.7. The van der Waals surface area contributed by atoms with E-state index in [1.807, 2.05) is 0 Å². The van der Waals surface area contributed by atoms with Crippen LogP contribution in [0.1, 0.15) is 89.5 Å². The molecule has 9 nitrogen and oxygen atoms in total. The molecule has 0 amide bonds. The van der Waals surface area contributed by atoms with Crippen molar-refractivity contribution in [3.8, 4) is 0 Å². The van der Waals surface area contributed by atoms with Crippen LogP contribution in [0.4, 0.5) is 0 Å². The second-order valence-corrected chi connectivity index (χ2v) is 13.9. The van der Waals surface area contributed by atoms with Gasteiger partial charge in [-0.25, -0.2) is 0 Å². The average molecular weight is 541 g/mol. The Bertz CT molecular complexity index is 878. The Labute approximate surface area is 227 Å². The average Bonchev–Trinajstić information content (AvgIpc) is 2.73. The number of carbonyl (C=O) groups is 4. The first-order valence-electron chi connectivity index (χ1n) is 13.1. The van der Waals surface area contributed by atoms with Gasteiger partial charge in [0.25, 0.3) is 0 Å². The minimum Gasteiger partial charge on any atom is -0.462 e. The van der Waals surface area contributed by atoms with Crippen LogP contribution in [0.2, 0.25) is 0 Å². The predicted molar refractivity (Wildman–Crippen MR) is 142 cm³/mol. The van der Waals surface area contributed by atoms with Crippen molar-refractivity contribution in [1.82, 2.24) is 0 Å². The van der Waals surface area contributed by atoms with Gasteiger partial charge < -0.3 is 23.7 Å². The number of ether oxygens (including phenoxy) is 5. The lowest BCUT2D eigenvalue weighted by molar-refractivity contribution is -0.259. The summed E-state index contributed by atoms with van der Waals surface area (Å²) >= 11 is 0. The first-order valence-corrected chi connectivity index (χ1v) is 13.1. The van der Waals surface area contributed by atoms with Crippen molar-refractivity contribution >= 4 is 23.9 Å². The van der Waals surface area contributed by atoms with Crippen LogP contribution in [0, 0.1) is 21.7 Å². The molecule has 1 aliphatic heterocycles. The second-order valence-electron chi connectivity index (χ2n) is 13.9. The van der Waals surface area contributed by atoms with E-state index in [9.17, 15) is 19.2 Å². The van der Waals surface area contributed by atoms with E-state index in [0.29, 0.717) is 0 Å². The zero-order valence-electron chi connectivity index (χ0n) is 25.3. The lowest BCUT2D eigenvalue weighted by atomic mass is 9.90. The van der Waals surface area contributed by atoms with Gasteiger partial charge in [0.2, 0.25) is 0 Å². The standard InChI is InChI=1S/C29H48O9/c1-14-15-17-19(36-23(31)27(5,6)7)21(38-25(33)29(11,12)13)20(37-24(32)28(8,9)10)18(35-17)16-34-22(30)26(2,3)4/h14,17-21H,1,15-16H2,2-13H3/t17-,18+,19-,20+,21+/m0/s1. The van der Waals surface area contributed by atoms with E-state index < -0.39 is 76.1 Å². The van der Waals surface area contributed by atoms with E-state index in [1.54, 1.807) is 89.2 Å². The molecule has 0 saturated carbocycles. The Morgan fingerprint density at radius 2 is 0.947 bits per heavy atom. The minimum absolute atomic E-state index is 0.231. The van der Waals surface area contributed by atoms with Gasteiger partial charge in [0.15, 0.2) is 18.3 Å². The molecule has 1 heterocycles. The van der Waals surface area contributed by atoms with Gasteiger partial charge in [-0.3, -0.25) is 19.2 Å².